The first kappa shape index (κ1) is 13.4. The average molecular weight is 274 g/mol. The summed E-state index contributed by atoms with van der Waals surface area (Å²) in [5.41, 5.74) is 0.674. The van der Waals surface area contributed by atoms with E-state index in [9.17, 15) is 4.79 Å². The number of carbonyl (C=O) groups is 1. The molecule has 0 aromatic carbocycles. The van der Waals surface area contributed by atoms with Gasteiger partial charge < -0.3 is 10.2 Å². The monoisotopic (exact) mass is 274 g/mol. The van der Waals surface area contributed by atoms with Crippen molar-refractivity contribution in [2.45, 2.75) is 31.8 Å². The van der Waals surface area contributed by atoms with Crippen LogP contribution in [0.1, 0.15) is 30.1 Å². The molecule has 1 aromatic heterocycles. The molecule has 1 amide bonds. The highest BCUT2D eigenvalue weighted by Crippen LogP contribution is 2.26. The van der Waals surface area contributed by atoms with E-state index in [0.29, 0.717) is 17.4 Å². The third-order valence-electron chi connectivity index (χ3n) is 4.47. The first-order valence-electron chi connectivity index (χ1n) is 7.38. The highest BCUT2D eigenvalue weighted by atomic mass is 16.2. The topological polar surface area (TPSA) is 48.5 Å². The van der Waals surface area contributed by atoms with Crippen LogP contribution in [0.25, 0.3) is 0 Å². The van der Waals surface area contributed by atoms with E-state index in [0.717, 1.165) is 13.1 Å². The van der Waals surface area contributed by atoms with Crippen LogP contribution in [0.2, 0.25) is 0 Å². The number of amides is 1. The van der Waals surface area contributed by atoms with Crippen molar-refractivity contribution < 1.29 is 4.79 Å². The van der Waals surface area contributed by atoms with Gasteiger partial charge in [-0.25, -0.2) is 4.98 Å². The fraction of sp³-hybridized carbons (Fsp3) is 0.600. The lowest BCUT2D eigenvalue weighted by atomic mass is 10.1. The minimum absolute atomic E-state index is 0.0986. The number of hydrogen-bond acceptors (Lipinski definition) is 4. The molecule has 2 aliphatic rings. The van der Waals surface area contributed by atoms with Crippen molar-refractivity contribution in [3.63, 3.8) is 0 Å². The molecular weight excluding hydrogens is 252 g/mol. The summed E-state index contributed by atoms with van der Waals surface area (Å²) in [6, 6.07) is 4.49. The molecular formula is C15H22N4O. The van der Waals surface area contributed by atoms with Crippen LogP contribution in [0.4, 0.5) is 5.82 Å². The lowest BCUT2D eigenvalue weighted by Gasteiger charge is -2.42. The Hall–Kier alpha value is -1.62. The lowest BCUT2D eigenvalue weighted by molar-refractivity contribution is 0.0396. The highest BCUT2D eigenvalue weighted by Gasteiger charge is 2.37. The van der Waals surface area contributed by atoms with Crippen molar-refractivity contribution in [2.24, 2.45) is 0 Å². The molecule has 1 aromatic rings. The number of carbonyl (C=O) groups excluding carboxylic acids is 1. The van der Waals surface area contributed by atoms with Crippen molar-refractivity contribution in [2.75, 3.05) is 32.0 Å². The number of hydrogen-bond donors (Lipinski definition) is 1. The normalized spacial score (nSPS) is 26.4. The second kappa shape index (κ2) is 5.40. The quantitative estimate of drug-likeness (QED) is 0.886. The first-order chi connectivity index (χ1) is 9.70. The largest absolute Gasteiger partial charge is 0.372 e. The third-order valence-corrected chi connectivity index (χ3v) is 4.47. The van der Waals surface area contributed by atoms with Crippen LogP contribution >= 0.6 is 0 Å². The summed E-state index contributed by atoms with van der Waals surface area (Å²) in [6.07, 6.45) is 4.18. The maximum absolute atomic E-state index is 12.8. The lowest BCUT2D eigenvalue weighted by Crippen LogP contribution is -2.56. The van der Waals surface area contributed by atoms with Gasteiger partial charge in [-0.2, -0.15) is 0 Å². The van der Waals surface area contributed by atoms with Crippen LogP contribution in [0.5, 0.6) is 0 Å². The van der Waals surface area contributed by atoms with E-state index in [1.165, 1.54) is 19.4 Å². The van der Waals surface area contributed by atoms with Gasteiger partial charge in [0.25, 0.3) is 5.91 Å². The molecule has 0 spiro atoms. The average Bonchev–Trinajstić information content (AvgIpc) is 2.92. The Morgan fingerprint density at radius 1 is 1.45 bits per heavy atom. The second-order valence-corrected chi connectivity index (χ2v) is 5.75. The van der Waals surface area contributed by atoms with Gasteiger partial charge in [0, 0.05) is 38.4 Å². The van der Waals surface area contributed by atoms with Gasteiger partial charge in [0.15, 0.2) is 0 Å². The molecule has 0 radical (unpaired) electrons. The van der Waals surface area contributed by atoms with E-state index in [-0.39, 0.29) is 11.9 Å². The summed E-state index contributed by atoms with van der Waals surface area (Å²) in [6.45, 7) is 5.16. The zero-order chi connectivity index (χ0) is 14.1. The van der Waals surface area contributed by atoms with Gasteiger partial charge in [-0.1, -0.05) is 0 Å². The van der Waals surface area contributed by atoms with Crippen LogP contribution in [0, 0.1) is 0 Å². The molecule has 1 N–H and O–H groups in total. The van der Waals surface area contributed by atoms with Crippen LogP contribution < -0.4 is 5.32 Å². The van der Waals surface area contributed by atoms with Gasteiger partial charge in [-0.05, 0) is 38.4 Å². The van der Waals surface area contributed by atoms with Crippen molar-refractivity contribution in [3.05, 3.63) is 23.9 Å². The molecule has 2 atom stereocenters. The number of pyridine rings is 1. The highest BCUT2D eigenvalue weighted by molar-refractivity contribution is 5.99. The van der Waals surface area contributed by atoms with E-state index >= 15 is 0 Å². The minimum atomic E-state index is 0.0986. The Labute approximate surface area is 120 Å². The molecule has 5 nitrogen and oxygen atoms in total. The van der Waals surface area contributed by atoms with Crippen molar-refractivity contribution in [1.82, 2.24) is 14.8 Å². The molecule has 0 bridgehead atoms. The predicted octanol–water partition coefficient (Wildman–Crippen LogP) is 1.43. The van der Waals surface area contributed by atoms with Gasteiger partial charge in [0.2, 0.25) is 0 Å². The maximum atomic E-state index is 12.8. The molecule has 2 saturated heterocycles. The maximum Gasteiger partial charge on any atom is 0.257 e. The van der Waals surface area contributed by atoms with Crippen molar-refractivity contribution >= 4 is 11.7 Å². The number of fused-ring (bicyclic) bond motifs is 1. The van der Waals surface area contributed by atoms with Gasteiger partial charge in [0.1, 0.15) is 5.82 Å². The van der Waals surface area contributed by atoms with Crippen molar-refractivity contribution in [3.8, 4) is 0 Å². The molecule has 3 heterocycles. The molecule has 3 rings (SSSR count). The Bertz CT molecular complexity index is 504. The van der Waals surface area contributed by atoms with E-state index in [4.69, 9.17) is 0 Å². The Morgan fingerprint density at radius 3 is 3.10 bits per heavy atom. The van der Waals surface area contributed by atoms with Gasteiger partial charge in [0.05, 0.1) is 5.56 Å². The fourth-order valence-electron chi connectivity index (χ4n) is 3.40. The number of piperazine rings is 1. The summed E-state index contributed by atoms with van der Waals surface area (Å²) < 4.78 is 0. The van der Waals surface area contributed by atoms with Gasteiger partial charge in [-0.3, -0.25) is 9.69 Å². The van der Waals surface area contributed by atoms with Crippen LogP contribution in [-0.4, -0.2) is 59.5 Å². The number of aromatic nitrogens is 1. The summed E-state index contributed by atoms with van der Waals surface area (Å²) >= 11 is 0. The standard InChI is InChI=1S/C15H22N4O/c1-11-9-18-8-4-5-12(18)10-19(11)15(20)13-6-3-7-17-14(13)16-2/h3,6-7,11-12H,4-5,8-10H2,1-2H3,(H,16,17). The number of nitrogens with one attached hydrogen (secondary N) is 1. The molecule has 0 aliphatic carbocycles. The summed E-state index contributed by atoms with van der Waals surface area (Å²) in [7, 11) is 1.80. The summed E-state index contributed by atoms with van der Waals surface area (Å²) in [5.74, 6) is 0.764. The molecule has 5 heteroatoms. The van der Waals surface area contributed by atoms with E-state index < -0.39 is 0 Å². The van der Waals surface area contributed by atoms with Crippen LogP contribution in [0.15, 0.2) is 18.3 Å². The third kappa shape index (κ3) is 2.26. The zero-order valence-corrected chi connectivity index (χ0v) is 12.2. The van der Waals surface area contributed by atoms with Gasteiger partial charge >= 0.3 is 0 Å². The molecule has 20 heavy (non-hydrogen) atoms. The predicted molar refractivity (Wildman–Crippen MR) is 78.9 cm³/mol. The van der Waals surface area contributed by atoms with E-state index in [2.05, 4.69) is 22.1 Å². The summed E-state index contributed by atoms with van der Waals surface area (Å²) in [5, 5.41) is 3.01. The molecule has 0 saturated carbocycles. The van der Waals surface area contributed by atoms with Crippen LogP contribution in [-0.2, 0) is 0 Å². The molecule has 2 aliphatic heterocycles. The fourth-order valence-corrected chi connectivity index (χ4v) is 3.40. The van der Waals surface area contributed by atoms with Crippen molar-refractivity contribution in [1.29, 1.82) is 0 Å². The Morgan fingerprint density at radius 2 is 2.30 bits per heavy atom. The zero-order valence-electron chi connectivity index (χ0n) is 12.2. The number of anilines is 1. The SMILES string of the molecule is CNc1ncccc1C(=O)N1CC2CCCN2CC1C. The van der Waals surface area contributed by atoms with Crippen LogP contribution in [0.3, 0.4) is 0 Å². The number of rotatable bonds is 2. The first-order valence-corrected chi connectivity index (χ1v) is 7.38. The Balaban J connectivity index is 1.82. The van der Waals surface area contributed by atoms with E-state index in [1.807, 2.05) is 17.0 Å². The number of nitrogens with zero attached hydrogens (tertiary/aromatic N) is 3. The minimum Gasteiger partial charge on any atom is -0.372 e. The van der Waals surface area contributed by atoms with Gasteiger partial charge in [-0.15, -0.1) is 0 Å². The molecule has 2 fully saturated rings. The molecule has 108 valence electrons. The molecule has 2 unspecified atom stereocenters. The summed E-state index contributed by atoms with van der Waals surface area (Å²) in [4.78, 5) is 21.6. The Kier molecular flexibility index (Phi) is 3.61. The smallest absolute Gasteiger partial charge is 0.257 e. The van der Waals surface area contributed by atoms with E-state index in [1.54, 1.807) is 13.2 Å². The second-order valence-electron chi connectivity index (χ2n) is 5.75.